The zero-order valence-electron chi connectivity index (χ0n) is 21.9. The molecule has 0 spiro atoms. The first-order valence-electron chi connectivity index (χ1n) is 13.2. The van der Waals surface area contributed by atoms with E-state index in [1.54, 1.807) is 0 Å². The van der Waals surface area contributed by atoms with Crippen LogP contribution in [0.2, 0.25) is 0 Å². The van der Waals surface area contributed by atoms with Crippen LogP contribution in [0.15, 0.2) is 30.3 Å². The maximum Gasteiger partial charge on any atom is 1.00 e. The van der Waals surface area contributed by atoms with Gasteiger partial charge in [-0.1, -0.05) is 138 Å². The van der Waals surface area contributed by atoms with E-state index in [9.17, 15) is 13.0 Å². The first-order valence-corrected chi connectivity index (χ1v) is 15.5. The van der Waals surface area contributed by atoms with Crippen LogP contribution in [0.25, 0.3) is 15.5 Å². The molecule has 0 aliphatic heterocycles. The largest absolute Gasteiger partial charge is 1.00 e. The fourth-order valence-corrected chi connectivity index (χ4v) is 6.17. The van der Waals surface area contributed by atoms with Gasteiger partial charge in [0.1, 0.15) is 20.4 Å². The minimum atomic E-state index is -4.56. The van der Waals surface area contributed by atoms with E-state index >= 15 is 0 Å². The molecule has 0 amide bonds. The van der Waals surface area contributed by atoms with Gasteiger partial charge in [0, 0.05) is 5.56 Å². The van der Waals surface area contributed by atoms with Crippen molar-refractivity contribution in [3.05, 3.63) is 36.2 Å². The number of aromatic nitrogens is 4. The summed E-state index contributed by atoms with van der Waals surface area (Å²) in [6.45, 7) is 2.25. The number of benzene rings is 1. The molecule has 0 radical (unpaired) electrons. The second-order valence-corrected chi connectivity index (χ2v) is 11.9. The number of rotatable bonds is 18. The Morgan fingerprint density at radius 1 is 0.833 bits per heavy atom. The average molecular weight is 543 g/mol. The zero-order chi connectivity index (χ0) is 24.9. The summed E-state index contributed by atoms with van der Waals surface area (Å²) in [5.74, 6) is 0.128. The van der Waals surface area contributed by atoms with Crippen LogP contribution in [-0.4, -0.2) is 32.8 Å². The molecule has 3 aromatic rings. The van der Waals surface area contributed by atoms with Crippen LogP contribution >= 0.6 is 11.3 Å². The van der Waals surface area contributed by atoms with E-state index in [1.807, 2.05) is 30.3 Å². The van der Waals surface area contributed by atoms with Crippen LogP contribution < -0.4 is 29.6 Å². The number of hydrogen-bond acceptors (Lipinski definition) is 7. The van der Waals surface area contributed by atoms with E-state index < -0.39 is 15.4 Å². The first kappa shape index (κ1) is 31.4. The summed E-state index contributed by atoms with van der Waals surface area (Å²) < 4.78 is 37.6. The Hall–Kier alpha value is -0.840. The smallest absolute Gasteiger partial charge is 0.747 e. The predicted octanol–water partition coefficient (Wildman–Crippen LogP) is 4.31. The van der Waals surface area contributed by atoms with Gasteiger partial charge in [0.05, 0.1) is 0 Å². The van der Waals surface area contributed by atoms with Gasteiger partial charge >= 0.3 is 29.6 Å². The molecule has 0 aliphatic carbocycles. The van der Waals surface area contributed by atoms with Gasteiger partial charge in [0.15, 0.2) is 5.82 Å². The summed E-state index contributed by atoms with van der Waals surface area (Å²) in [6, 6.07) is 9.62. The van der Waals surface area contributed by atoms with Crippen LogP contribution in [0.3, 0.4) is 0 Å². The molecule has 36 heavy (non-hydrogen) atoms. The zero-order valence-corrected chi connectivity index (χ0v) is 25.5. The first-order chi connectivity index (χ1) is 17.0. The molecule has 0 N–H and O–H groups in total. The van der Waals surface area contributed by atoms with Crippen LogP contribution in [0.1, 0.15) is 114 Å². The van der Waals surface area contributed by atoms with Crippen molar-refractivity contribution in [3.63, 3.8) is 0 Å². The Bertz CT molecular complexity index is 1100. The SMILES string of the molecule is CCCCCCCCCCCCCCCCC(c1nnc2sc(-c3ccccc3)nn12)S(=O)(=O)[O-].[Na+]. The number of hydrogen-bond donors (Lipinski definition) is 0. The normalized spacial score (nSPS) is 12.6. The molecule has 2 heterocycles. The van der Waals surface area contributed by atoms with Crippen LogP contribution in [-0.2, 0) is 10.1 Å². The Morgan fingerprint density at radius 3 is 1.89 bits per heavy atom. The molecule has 0 saturated carbocycles. The van der Waals surface area contributed by atoms with Crippen molar-refractivity contribution < 1.29 is 42.5 Å². The molecule has 1 aromatic carbocycles. The van der Waals surface area contributed by atoms with E-state index in [2.05, 4.69) is 22.2 Å². The van der Waals surface area contributed by atoms with E-state index in [4.69, 9.17) is 0 Å². The summed E-state index contributed by atoms with van der Waals surface area (Å²) >= 11 is 1.33. The number of nitrogens with zero attached hydrogens (tertiary/aromatic N) is 4. The molecule has 2 aromatic heterocycles. The standard InChI is InChI=1S/C26H40N4O3S2.Na/c1-2-3-4-5-6-7-8-9-10-11-12-13-14-18-21-23(35(31,32)33)24-27-28-26-30(24)29-25(34-26)22-19-16-15-17-20-22;/h15-17,19-20,23H,2-14,18,21H2,1H3,(H,31,32,33);/q;+1/p-1. The predicted molar refractivity (Wildman–Crippen MR) is 141 cm³/mol. The fraction of sp³-hybridized carbons (Fsp3) is 0.654. The van der Waals surface area contributed by atoms with Crippen LogP contribution in [0.5, 0.6) is 0 Å². The molecule has 3 rings (SSSR count). The van der Waals surface area contributed by atoms with Gasteiger partial charge in [-0.3, -0.25) is 0 Å². The molecule has 0 fully saturated rings. The van der Waals surface area contributed by atoms with E-state index in [1.165, 1.54) is 80.1 Å². The van der Waals surface area contributed by atoms with Gasteiger partial charge in [0.25, 0.3) is 0 Å². The van der Waals surface area contributed by atoms with Crippen molar-refractivity contribution in [2.75, 3.05) is 0 Å². The third kappa shape index (κ3) is 10.1. The molecule has 0 bridgehead atoms. The van der Waals surface area contributed by atoms with Gasteiger partial charge in [-0.05, 0) is 6.42 Å². The van der Waals surface area contributed by atoms with Crippen molar-refractivity contribution in [2.24, 2.45) is 0 Å². The summed E-state index contributed by atoms with van der Waals surface area (Å²) in [4.78, 5) is 0.494. The molecule has 194 valence electrons. The van der Waals surface area contributed by atoms with Crippen molar-refractivity contribution in [1.82, 2.24) is 19.8 Å². The monoisotopic (exact) mass is 542 g/mol. The minimum Gasteiger partial charge on any atom is -0.747 e. The van der Waals surface area contributed by atoms with E-state index in [-0.39, 0.29) is 41.8 Å². The fourth-order valence-electron chi connectivity index (χ4n) is 4.46. The van der Waals surface area contributed by atoms with E-state index in [0.29, 0.717) is 11.4 Å². The number of unbranched alkanes of at least 4 members (excludes halogenated alkanes) is 13. The molecule has 0 aliphatic rings. The van der Waals surface area contributed by atoms with Crippen molar-refractivity contribution >= 4 is 26.4 Å². The summed E-state index contributed by atoms with van der Waals surface area (Å²) in [5.41, 5.74) is 0.919. The third-order valence-electron chi connectivity index (χ3n) is 6.49. The summed E-state index contributed by atoms with van der Waals surface area (Å²) in [6.07, 6.45) is 17.4. The Labute approximate surface area is 242 Å². The Balaban J connectivity index is 0.00000456. The van der Waals surface area contributed by atoms with Gasteiger partial charge in [-0.15, -0.1) is 10.2 Å². The van der Waals surface area contributed by atoms with E-state index in [0.717, 1.165) is 29.8 Å². The average Bonchev–Trinajstić information content (AvgIpc) is 3.43. The second-order valence-electron chi connectivity index (χ2n) is 9.39. The quantitative estimate of drug-likeness (QED) is 0.135. The topological polar surface area (TPSA) is 100 Å². The number of fused-ring (bicyclic) bond motifs is 1. The van der Waals surface area contributed by atoms with Gasteiger partial charge in [0.2, 0.25) is 4.96 Å². The molecular formula is C26H39N4NaO3S2. The molecule has 1 unspecified atom stereocenters. The van der Waals surface area contributed by atoms with Crippen LogP contribution in [0, 0.1) is 0 Å². The second kappa shape index (κ2) is 16.9. The Morgan fingerprint density at radius 2 is 1.36 bits per heavy atom. The maximum absolute atomic E-state index is 12.1. The minimum absolute atomic E-state index is 0. The maximum atomic E-state index is 12.1. The molecule has 7 nitrogen and oxygen atoms in total. The van der Waals surface area contributed by atoms with Crippen molar-refractivity contribution in [2.45, 2.75) is 108 Å². The summed E-state index contributed by atoms with van der Waals surface area (Å²) in [5, 5.41) is 12.1. The van der Waals surface area contributed by atoms with Gasteiger partial charge < -0.3 is 4.55 Å². The third-order valence-corrected chi connectivity index (χ3v) is 8.58. The molecule has 0 saturated heterocycles. The van der Waals surface area contributed by atoms with Gasteiger partial charge in [-0.25, -0.2) is 8.42 Å². The van der Waals surface area contributed by atoms with Crippen molar-refractivity contribution in [1.29, 1.82) is 0 Å². The van der Waals surface area contributed by atoms with Gasteiger partial charge in [-0.2, -0.15) is 9.61 Å². The van der Waals surface area contributed by atoms with Crippen LogP contribution in [0.4, 0.5) is 0 Å². The molecular weight excluding hydrogens is 503 g/mol. The Kier molecular flexibility index (Phi) is 14.7. The van der Waals surface area contributed by atoms with Crippen molar-refractivity contribution in [3.8, 4) is 10.6 Å². The summed E-state index contributed by atoms with van der Waals surface area (Å²) in [7, 11) is -4.56. The molecule has 1 atom stereocenters. The molecule has 10 heteroatoms.